The minimum Gasteiger partial charge on any atom is -0.341 e. The molecule has 0 fully saturated rings. The minimum absolute atomic E-state index is 0.106. The van der Waals surface area contributed by atoms with Gasteiger partial charge in [0, 0.05) is 0 Å². The van der Waals surface area contributed by atoms with Gasteiger partial charge in [-0.05, 0) is 18.4 Å². The van der Waals surface area contributed by atoms with Crippen LogP contribution in [0.4, 0.5) is 5.95 Å². The van der Waals surface area contributed by atoms with E-state index in [1.54, 1.807) is 11.8 Å². The lowest BCUT2D eigenvalue weighted by molar-refractivity contribution is -0.117. The van der Waals surface area contributed by atoms with E-state index in [-0.39, 0.29) is 17.0 Å². The molecular weight excluding hydrogens is 288 g/mol. The number of rotatable bonds is 5. The van der Waals surface area contributed by atoms with E-state index in [0.717, 1.165) is 5.75 Å². The molecule has 4 N–H and O–H groups in total. The zero-order valence-corrected chi connectivity index (χ0v) is 11.8. The number of carbonyl (C=O) groups excluding carboxylic acids is 1. The van der Waals surface area contributed by atoms with Gasteiger partial charge < -0.3 is 10.7 Å². The first-order chi connectivity index (χ1) is 9.11. The van der Waals surface area contributed by atoms with E-state index in [0.29, 0.717) is 17.6 Å². The van der Waals surface area contributed by atoms with E-state index >= 15 is 0 Å². The van der Waals surface area contributed by atoms with Crippen molar-refractivity contribution in [2.45, 2.75) is 12.5 Å². The average molecular weight is 301 g/mol. The van der Waals surface area contributed by atoms with Gasteiger partial charge in [-0.25, -0.2) is 4.98 Å². The summed E-state index contributed by atoms with van der Waals surface area (Å²) >= 11 is 7.57. The third kappa shape index (κ3) is 3.34. The Morgan fingerprint density at radius 2 is 2.42 bits per heavy atom. The van der Waals surface area contributed by atoms with E-state index in [1.165, 1.54) is 6.33 Å². The highest BCUT2D eigenvalue weighted by atomic mass is 35.5. The molecule has 2 rings (SSSR count). The van der Waals surface area contributed by atoms with Crippen LogP contribution >= 0.6 is 23.4 Å². The van der Waals surface area contributed by atoms with Gasteiger partial charge in [0.05, 0.1) is 12.4 Å². The second-order valence-electron chi connectivity index (χ2n) is 3.82. The molecule has 0 aliphatic rings. The van der Waals surface area contributed by atoms with Gasteiger partial charge in [0.25, 0.3) is 0 Å². The van der Waals surface area contributed by atoms with Crippen molar-refractivity contribution < 1.29 is 4.79 Å². The summed E-state index contributed by atoms with van der Waals surface area (Å²) in [4.78, 5) is 26.6. The lowest BCUT2D eigenvalue weighted by Gasteiger charge is -2.10. The number of aromatic amines is 1. The number of amides is 1. The number of nitrogens with one attached hydrogen (secondary N) is 2. The Balaban J connectivity index is 2.10. The molecule has 0 aliphatic heterocycles. The molecule has 1 amide bonds. The summed E-state index contributed by atoms with van der Waals surface area (Å²) < 4.78 is 0. The Labute approximate surface area is 118 Å². The van der Waals surface area contributed by atoms with Crippen molar-refractivity contribution in [2.75, 3.05) is 17.3 Å². The Kier molecular flexibility index (Phi) is 4.56. The van der Waals surface area contributed by atoms with E-state index in [2.05, 4.69) is 25.3 Å². The summed E-state index contributed by atoms with van der Waals surface area (Å²) in [6.07, 6.45) is 4.01. The molecule has 102 valence electrons. The molecule has 0 saturated carbocycles. The topological polar surface area (TPSA) is 110 Å². The number of imidazole rings is 1. The van der Waals surface area contributed by atoms with Crippen LogP contribution in [0.3, 0.4) is 0 Å². The standard InChI is InChI=1S/C10H13ClN6OS/c1-19-3-2-5(12)9(18)17-10-15-7(11)6-8(16-10)14-4-13-6/h4-5H,2-3,12H2,1H3,(H2,13,14,15,16,17,18)/t5-/m1/s1. The molecule has 2 heterocycles. The number of H-pyrrole nitrogens is 1. The van der Waals surface area contributed by atoms with Crippen LogP contribution < -0.4 is 11.1 Å². The Hall–Kier alpha value is -1.38. The highest BCUT2D eigenvalue weighted by Gasteiger charge is 2.16. The molecule has 1 atom stereocenters. The highest BCUT2D eigenvalue weighted by Crippen LogP contribution is 2.18. The van der Waals surface area contributed by atoms with Crippen molar-refractivity contribution in [3.63, 3.8) is 0 Å². The van der Waals surface area contributed by atoms with Crippen LogP contribution in [0.1, 0.15) is 6.42 Å². The van der Waals surface area contributed by atoms with E-state index in [4.69, 9.17) is 17.3 Å². The predicted molar refractivity (Wildman–Crippen MR) is 76.3 cm³/mol. The number of hydrogen-bond acceptors (Lipinski definition) is 6. The number of halogens is 1. The maximum atomic E-state index is 11.8. The highest BCUT2D eigenvalue weighted by molar-refractivity contribution is 7.98. The van der Waals surface area contributed by atoms with E-state index in [1.807, 2.05) is 6.26 Å². The average Bonchev–Trinajstić information content (AvgIpc) is 2.84. The van der Waals surface area contributed by atoms with E-state index < -0.39 is 6.04 Å². The fourth-order valence-electron chi connectivity index (χ4n) is 1.43. The Morgan fingerprint density at radius 3 is 3.16 bits per heavy atom. The second kappa shape index (κ2) is 6.18. The number of nitrogens with two attached hydrogens (primary N) is 1. The molecular formula is C10H13ClN6OS. The first kappa shape index (κ1) is 14.0. The van der Waals surface area contributed by atoms with Crippen molar-refractivity contribution in [1.29, 1.82) is 0 Å². The number of nitrogens with zero attached hydrogens (tertiary/aromatic N) is 3. The Bertz CT molecular complexity index is 588. The van der Waals surface area contributed by atoms with Gasteiger partial charge >= 0.3 is 0 Å². The quantitative estimate of drug-likeness (QED) is 0.711. The number of fused-ring (bicyclic) bond motifs is 1. The van der Waals surface area contributed by atoms with Crippen molar-refractivity contribution in [1.82, 2.24) is 19.9 Å². The first-order valence-electron chi connectivity index (χ1n) is 5.54. The molecule has 0 saturated heterocycles. The molecule has 7 nitrogen and oxygen atoms in total. The smallest absolute Gasteiger partial charge is 0.243 e. The minimum atomic E-state index is -0.593. The lowest BCUT2D eigenvalue weighted by Crippen LogP contribution is -2.36. The molecule has 2 aromatic rings. The van der Waals surface area contributed by atoms with Gasteiger partial charge in [-0.1, -0.05) is 11.6 Å². The number of thioether (sulfide) groups is 1. The number of carbonyl (C=O) groups is 1. The van der Waals surface area contributed by atoms with Crippen molar-refractivity contribution in [3.05, 3.63) is 11.5 Å². The van der Waals surface area contributed by atoms with Gasteiger partial charge in [0.1, 0.15) is 5.52 Å². The molecule has 19 heavy (non-hydrogen) atoms. The van der Waals surface area contributed by atoms with Crippen molar-refractivity contribution >= 4 is 46.4 Å². The van der Waals surface area contributed by atoms with Crippen LogP contribution in [0.5, 0.6) is 0 Å². The van der Waals surface area contributed by atoms with Gasteiger partial charge in [-0.2, -0.15) is 21.7 Å². The van der Waals surface area contributed by atoms with Crippen LogP contribution in [0.2, 0.25) is 5.15 Å². The Morgan fingerprint density at radius 1 is 1.63 bits per heavy atom. The molecule has 0 unspecified atom stereocenters. The van der Waals surface area contributed by atoms with Gasteiger partial charge in [0.15, 0.2) is 10.8 Å². The fraction of sp³-hybridized carbons (Fsp3) is 0.400. The van der Waals surface area contributed by atoms with Crippen LogP contribution in [0, 0.1) is 0 Å². The molecule has 0 radical (unpaired) electrons. The van der Waals surface area contributed by atoms with Crippen LogP contribution in [0.25, 0.3) is 11.2 Å². The van der Waals surface area contributed by atoms with Crippen molar-refractivity contribution in [3.8, 4) is 0 Å². The number of hydrogen-bond donors (Lipinski definition) is 3. The molecule has 0 aliphatic carbocycles. The fourth-order valence-corrected chi connectivity index (χ4v) is 2.14. The summed E-state index contributed by atoms with van der Waals surface area (Å²) in [6, 6.07) is -0.593. The maximum absolute atomic E-state index is 11.8. The SMILES string of the molecule is CSCC[C@@H](N)C(=O)Nc1nc(Cl)c2[nH]cnc2n1. The van der Waals surface area contributed by atoms with Crippen LogP contribution in [-0.4, -0.2) is 43.9 Å². The molecule has 2 aromatic heterocycles. The normalized spacial score (nSPS) is 12.6. The van der Waals surface area contributed by atoms with Gasteiger partial charge in [-0.15, -0.1) is 0 Å². The summed E-state index contributed by atoms with van der Waals surface area (Å²) in [5, 5.41) is 2.74. The second-order valence-corrected chi connectivity index (χ2v) is 5.16. The van der Waals surface area contributed by atoms with Gasteiger partial charge in [0.2, 0.25) is 11.9 Å². The summed E-state index contributed by atoms with van der Waals surface area (Å²) in [6.45, 7) is 0. The number of aromatic nitrogens is 4. The monoisotopic (exact) mass is 300 g/mol. The largest absolute Gasteiger partial charge is 0.341 e. The summed E-state index contributed by atoms with van der Waals surface area (Å²) in [7, 11) is 0. The molecule has 0 aromatic carbocycles. The summed E-state index contributed by atoms with van der Waals surface area (Å²) in [5.74, 6) is 0.586. The first-order valence-corrected chi connectivity index (χ1v) is 7.31. The van der Waals surface area contributed by atoms with E-state index in [9.17, 15) is 4.79 Å². The molecule has 0 spiro atoms. The third-order valence-electron chi connectivity index (χ3n) is 2.45. The maximum Gasteiger partial charge on any atom is 0.243 e. The van der Waals surface area contributed by atoms with Crippen LogP contribution in [0.15, 0.2) is 6.33 Å². The lowest BCUT2D eigenvalue weighted by atomic mass is 10.2. The van der Waals surface area contributed by atoms with Crippen molar-refractivity contribution in [2.24, 2.45) is 5.73 Å². The predicted octanol–water partition coefficient (Wildman–Crippen LogP) is 1.03. The van der Waals surface area contributed by atoms with Gasteiger partial charge in [-0.3, -0.25) is 10.1 Å². The zero-order chi connectivity index (χ0) is 13.8. The molecule has 0 bridgehead atoms. The zero-order valence-electron chi connectivity index (χ0n) is 10.2. The molecule has 9 heteroatoms. The summed E-state index contributed by atoms with van der Waals surface area (Å²) in [5.41, 5.74) is 6.68. The van der Waals surface area contributed by atoms with Crippen LogP contribution in [-0.2, 0) is 4.79 Å². The number of anilines is 1. The third-order valence-corrected chi connectivity index (χ3v) is 3.36.